The summed E-state index contributed by atoms with van der Waals surface area (Å²) in [6.45, 7) is 1.11. The minimum absolute atomic E-state index is 0.748. The molecule has 1 aromatic carbocycles. The lowest BCUT2D eigenvalue weighted by atomic mass is 10.1. The van der Waals surface area contributed by atoms with Crippen molar-refractivity contribution in [2.45, 2.75) is 25.3 Å². The van der Waals surface area contributed by atoms with Gasteiger partial charge in [-0.3, -0.25) is 0 Å². The highest BCUT2D eigenvalue weighted by molar-refractivity contribution is 7.99. The summed E-state index contributed by atoms with van der Waals surface area (Å²) in [4.78, 5) is 0. The molecule has 1 N–H and O–H groups in total. The molecule has 1 aliphatic heterocycles. The molecule has 17 heavy (non-hydrogen) atoms. The summed E-state index contributed by atoms with van der Waals surface area (Å²) in [7, 11) is 1.74. The van der Waals surface area contributed by atoms with Gasteiger partial charge in [-0.15, -0.1) is 0 Å². The smallest absolute Gasteiger partial charge is 0.122 e. The minimum Gasteiger partial charge on any atom is -0.496 e. The van der Waals surface area contributed by atoms with E-state index in [4.69, 9.17) is 4.74 Å². The van der Waals surface area contributed by atoms with E-state index in [2.05, 4.69) is 29.2 Å². The number of nitrogens with one attached hydrogen (secondary N) is 1. The second-order valence-electron chi connectivity index (χ2n) is 4.43. The summed E-state index contributed by atoms with van der Waals surface area (Å²) in [5.74, 6) is 3.63. The third-order valence-electron chi connectivity index (χ3n) is 3.18. The zero-order valence-corrected chi connectivity index (χ0v) is 11.3. The minimum atomic E-state index is 0.748. The van der Waals surface area contributed by atoms with Gasteiger partial charge in [0.2, 0.25) is 0 Å². The Morgan fingerprint density at radius 1 is 1.41 bits per heavy atom. The average molecular weight is 251 g/mol. The largest absolute Gasteiger partial charge is 0.496 e. The van der Waals surface area contributed by atoms with Crippen molar-refractivity contribution in [1.29, 1.82) is 0 Å². The highest BCUT2D eigenvalue weighted by Crippen LogP contribution is 2.19. The van der Waals surface area contributed by atoms with E-state index in [9.17, 15) is 0 Å². The molecule has 1 fully saturated rings. The molecular formula is C14H21NOS. The van der Waals surface area contributed by atoms with Crippen molar-refractivity contribution in [3.05, 3.63) is 29.8 Å². The van der Waals surface area contributed by atoms with Crippen LogP contribution in [0.3, 0.4) is 0 Å². The number of hydrogen-bond donors (Lipinski definition) is 1. The summed E-state index contributed by atoms with van der Waals surface area (Å²) in [6.07, 6.45) is 3.61. The van der Waals surface area contributed by atoms with Crippen LogP contribution in [0, 0.1) is 0 Å². The van der Waals surface area contributed by atoms with E-state index in [0.29, 0.717) is 0 Å². The number of rotatable bonds is 6. The first kappa shape index (κ1) is 12.8. The zero-order valence-electron chi connectivity index (χ0n) is 10.4. The number of para-hydroxylation sites is 1. The Kier molecular flexibility index (Phi) is 5.20. The van der Waals surface area contributed by atoms with E-state index < -0.39 is 0 Å². The van der Waals surface area contributed by atoms with Crippen LogP contribution in [0.5, 0.6) is 5.75 Å². The van der Waals surface area contributed by atoms with E-state index in [1.54, 1.807) is 7.11 Å². The van der Waals surface area contributed by atoms with Crippen molar-refractivity contribution in [3.8, 4) is 5.75 Å². The number of hydrogen-bond acceptors (Lipinski definition) is 3. The molecule has 0 saturated carbocycles. The predicted molar refractivity (Wildman–Crippen MR) is 75.0 cm³/mol. The van der Waals surface area contributed by atoms with Crippen molar-refractivity contribution >= 4 is 11.8 Å². The van der Waals surface area contributed by atoms with Gasteiger partial charge >= 0.3 is 0 Å². The van der Waals surface area contributed by atoms with Crippen LogP contribution >= 0.6 is 11.8 Å². The molecule has 1 unspecified atom stereocenters. The van der Waals surface area contributed by atoms with Crippen LogP contribution in [0.15, 0.2) is 24.3 Å². The van der Waals surface area contributed by atoms with Gasteiger partial charge in [0.05, 0.1) is 7.11 Å². The Morgan fingerprint density at radius 2 is 2.29 bits per heavy atom. The van der Waals surface area contributed by atoms with Gasteiger partial charge in [-0.2, -0.15) is 11.8 Å². The standard InChI is InChI=1S/C14H21NOS/c1-16-14-7-3-2-5-12(14)6-4-9-15-13-8-10-17-11-13/h2-3,5,7,13,15H,4,6,8-11H2,1H3. The fourth-order valence-corrected chi connectivity index (χ4v) is 3.38. The van der Waals surface area contributed by atoms with Crippen LogP contribution in [0.2, 0.25) is 0 Å². The molecule has 2 nitrogen and oxygen atoms in total. The fourth-order valence-electron chi connectivity index (χ4n) is 2.19. The van der Waals surface area contributed by atoms with Gasteiger partial charge < -0.3 is 10.1 Å². The molecular weight excluding hydrogens is 230 g/mol. The van der Waals surface area contributed by atoms with Crippen molar-refractivity contribution in [1.82, 2.24) is 5.32 Å². The van der Waals surface area contributed by atoms with Crippen molar-refractivity contribution < 1.29 is 4.74 Å². The quantitative estimate of drug-likeness (QED) is 0.786. The lowest BCUT2D eigenvalue weighted by molar-refractivity contribution is 0.408. The Bertz CT molecular complexity index is 337. The highest BCUT2D eigenvalue weighted by atomic mass is 32.2. The highest BCUT2D eigenvalue weighted by Gasteiger charge is 2.13. The Hall–Kier alpha value is -0.670. The molecule has 0 bridgehead atoms. The third-order valence-corrected chi connectivity index (χ3v) is 4.34. The topological polar surface area (TPSA) is 21.3 Å². The third kappa shape index (κ3) is 3.93. The van der Waals surface area contributed by atoms with E-state index >= 15 is 0 Å². The summed E-state index contributed by atoms with van der Waals surface area (Å²) < 4.78 is 5.35. The van der Waals surface area contributed by atoms with Gasteiger partial charge in [-0.05, 0) is 43.2 Å². The van der Waals surface area contributed by atoms with E-state index in [0.717, 1.165) is 24.8 Å². The normalized spacial score (nSPS) is 19.5. The molecule has 1 saturated heterocycles. The Morgan fingerprint density at radius 3 is 3.06 bits per heavy atom. The molecule has 0 spiro atoms. The molecule has 0 amide bonds. The summed E-state index contributed by atoms with van der Waals surface area (Å²) in [5, 5.41) is 3.63. The summed E-state index contributed by atoms with van der Waals surface area (Å²) in [5.41, 5.74) is 1.32. The number of methoxy groups -OCH3 is 1. The lowest BCUT2D eigenvalue weighted by Gasteiger charge is -2.12. The molecule has 1 aromatic rings. The van der Waals surface area contributed by atoms with E-state index in [1.807, 2.05) is 12.1 Å². The number of ether oxygens (including phenoxy) is 1. The van der Waals surface area contributed by atoms with Crippen LogP contribution in [0.25, 0.3) is 0 Å². The first-order chi connectivity index (χ1) is 8.40. The fraction of sp³-hybridized carbons (Fsp3) is 0.571. The SMILES string of the molecule is COc1ccccc1CCCNC1CCSC1. The number of thioether (sulfide) groups is 1. The van der Waals surface area contributed by atoms with Crippen LogP contribution in [-0.2, 0) is 6.42 Å². The second-order valence-corrected chi connectivity index (χ2v) is 5.58. The molecule has 3 heteroatoms. The van der Waals surface area contributed by atoms with Crippen molar-refractivity contribution in [2.75, 3.05) is 25.2 Å². The first-order valence-electron chi connectivity index (χ1n) is 6.33. The predicted octanol–water partition coefficient (Wildman–Crippen LogP) is 2.72. The van der Waals surface area contributed by atoms with Crippen LogP contribution in [-0.4, -0.2) is 31.2 Å². The molecule has 0 aliphatic carbocycles. The van der Waals surface area contributed by atoms with Crippen molar-refractivity contribution in [2.24, 2.45) is 0 Å². The molecule has 2 rings (SSSR count). The molecule has 0 aromatic heterocycles. The lowest BCUT2D eigenvalue weighted by Crippen LogP contribution is -2.29. The van der Waals surface area contributed by atoms with Crippen LogP contribution in [0.4, 0.5) is 0 Å². The van der Waals surface area contributed by atoms with Crippen LogP contribution in [0.1, 0.15) is 18.4 Å². The second kappa shape index (κ2) is 6.92. The summed E-state index contributed by atoms with van der Waals surface area (Å²) in [6, 6.07) is 9.05. The average Bonchev–Trinajstić information content (AvgIpc) is 2.88. The van der Waals surface area contributed by atoms with Crippen LogP contribution < -0.4 is 10.1 Å². The maximum absolute atomic E-state index is 5.35. The van der Waals surface area contributed by atoms with Gasteiger partial charge in [-0.1, -0.05) is 18.2 Å². The number of benzene rings is 1. The molecule has 1 atom stereocenters. The Labute approximate surface area is 108 Å². The maximum atomic E-state index is 5.35. The van der Waals surface area contributed by atoms with Crippen molar-refractivity contribution in [3.63, 3.8) is 0 Å². The van der Waals surface area contributed by atoms with E-state index in [1.165, 1.54) is 29.9 Å². The first-order valence-corrected chi connectivity index (χ1v) is 7.48. The number of aryl methyl sites for hydroxylation is 1. The van der Waals surface area contributed by atoms with Gasteiger partial charge in [0.25, 0.3) is 0 Å². The van der Waals surface area contributed by atoms with Gasteiger partial charge in [0, 0.05) is 11.8 Å². The maximum Gasteiger partial charge on any atom is 0.122 e. The molecule has 0 radical (unpaired) electrons. The molecule has 1 aliphatic rings. The Balaban J connectivity index is 1.70. The molecule has 94 valence electrons. The summed E-state index contributed by atoms with van der Waals surface area (Å²) >= 11 is 2.06. The van der Waals surface area contributed by atoms with E-state index in [-0.39, 0.29) is 0 Å². The monoisotopic (exact) mass is 251 g/mol. The zero-order chi connectivity index (χ0) is 11.9. The molecule has 1 heterocycles. The van der Waals surface area contributed by atoms with Gasteiger partial charge in [0.1, 0.15) is 5.75 Å². The van der Waals surface area contributed by atoms with Gasteiger partial charge in [-0.25, -0.2) is 0 Å². The van der Waals surface area contributed by atoms with Gasteiger partial charge in [0.15, 0.2) is 0 Å².